The largest absolute Gasteiger partial charge is 0.392 e. The van der Waals surface area contributed by atoms with E-state index < -0.39 is 10.0 Å². The molecular weight excluding hydrogens is 208 g/mol. The molecule has 0 spiro atoms. The fourth-order valence-electron chi connectivity index (χ4n) is 1.30. The van der Waals surface area contributed by atoms with Crippen LogP contribution in [-0.2, 0) is 10.0 Å². The van der Waals surface area contributed by atoms with E-state index in [1.54, 1.807) is 0 Å². The van der Waals surface area contributed by atoms with Gasteiger partial charge in [-0.3, -0.25) is 0 Å². The van der Waals surface area contributed by atoms with Crippen LogP contribution in [0, 0.1) is 5.92 Å². The highest BCUT2D eigenvalue weighted by Crippen LogP contribution is 2.33. The predicted molar refractivity (Wildman–Crippen MR) is 55.9 cm³/mol. The minimum atomic E-state index is -3.28. The third kappa shape index (κ3) is 3.58. The summed E-state index contributed by atoms with van der Waals surface area (Å²) in [6, 6.07) is 0.115. The van der Waals surface area contributed by atoms with Crippen molar-refractivity contribution in [1.82, 2.24) is 4.72 Å². The van der Waals surface area contributed by atoms with E-state index >= 15 is 0 Å². The fraction of sp³-hybridized carbons (Fsp3) is 0.857. The molecule has 0 bridgehead atoms. The van der Waals surface area contributed by atoms with Gasteiger partial charge in [0.15, 0.2) is 0 Å². The zero-order chi connectivity index (χ0) is 10.1. The molecule has 0 aromatic heterocycles. The van der Waals surface area contributed by atoms with Crippen molar-refractivity contribution in [3.63, 3.8) is 0 Å². The molecule has 0 saturated heterocycles. The van der Waals surface area contributed by atoms with Crippen LogP contribution in [0.2, 0.25) is 0 Å². The smallest absolute Gasteiger partial charge is 0.218 e. The molecule has 1 rings (SSSR count). The minimum Gasteiger partial charge on any atom is -0.392 e. The molecule has 0 aliphatic heterocycles. The van der Waals surface area contributed by atoms with Gasteiger partial charge in [0.05, 0.1) is 4.99 Å². The average Bonchev–Trinajstić information content (AvgIpc) is 2.62. The fourth-order valence-corrected chi connectivity index (χ4v) is 2.98. The second-order valence-electron chi connectivity index (χ2n) is 3.35. The molecule has 0 aromatic carbocycles. The van der Waals surface area contributed by atoms with Gasteiger partial charge in [-0.2, -0.15) is 0 Å². The summed E-state index contributed by atoms with van der Waals surface area (Å²) in [5, 5.41) is 0. The van der Waals surface area contributed by atoms with Crippen molar-refractivity contribution in [2.75, 3.05) is 5.75 Å². The van der Waals surface area contributed by atoms with E-state index in [1.165, 1.54) is 0 Å². The minimum absolute atomic E-state index is 0.0150. The van der Waals surface area contributed by atoms with Gasteiger partial charge in [0.1, 0.15) is 5.75 Å². The zero-order valence-electron chi connectivity index (χ0n) is 7.49. The molecule has 2 unspecified atom stereocenters. The van der Waals surface area contributed by atoms with Gasteiger partial charge in [0, 0.05) is 6.04 Å². The molecule has 0 aromatic rings. The van der Waals surface area contributed by atoms with E-state index in [-0.39, 0.29) is 16.8 Å². The Bertz CT molecular complexity index is 300. The van der Waals surface area contributed by atoms with Gasteiger partial charge in [-0.05, 0) is 12.3 Å². The summed E-state index contributed by atoms with van der Waals surface area (Å²) >= 11 is 4.53. The molecule has 6 heteroatoms. The van der Waals surface area contributed by atoms with E-state index in [1.807, 2.05) is 6.92 Å². The van der Waals surface area contributed by atoms with Crippen molar-refractivity contribution < 1.29 is 8.42 Å². The highest BCUT2D eigenvalue weighted by molar-refractivity contribution is 7.92. The molecule has 13 heavy (non-hydrogen) atoms. The Morgan fingerprint density at radius 2 is 2.31 bits per heavy atom. The Morgan fingerprint density at radius 3 is 2.69 bits per heavy atom. The molecule has 4 nitrogen and oxygen atoms in total. The SMILES string of the molecule is CCC1CC1NS(=O)(=O)CC(N)=S. The summed E-state index contributed by atoms with van der Waals surface area (Å²) in [5.74, 6) is 0.260. The zero-order valence-corrected chi connectivity index (χ0v) is 9.12. The molecule has 1 fully saturated rings. The molecular formula is C7H14N2O2S2. The quantitative estimate of drug-likeness (QED) is 0.642. The number of nitrogens with one attached hydrogen (secondary N) is 1. The van der Waals surface area contributed by atoms with Crippen LogP contribution >= 0.6 is 12.2 Å². The Kier molecular flexibility index (Phi) is 3.26. The molecule has 0 heterocycles. The summed E-state index contributed by atoms with van der Waals surface area (Å²) in [5.41, 5.74) is 5.15. The van der Waals surface area contributed by atoms with Gasteiger partial charge in [-0.25, -0.2) is 13.1 Å². The van der Waals surface area contributed by atoms with Crippen LogP contribution in [0.25, 0.3) is 0 Å². The number of hydrogen-bond acceptors (Lipinski definition) is 3. The summed E-state index contributed by atoms with van der Waals surface area (Å²) in [6.07, 6.45) is 1.95. The molecule has 0 amide bonds. The molecule has 3 N–H and O–H groups in total. The maximum absolute atomic E-state index is 11.3. The van der Waals surface area contributed by atoms with Gasteiger partial charge < -0.3 is 5.73 Å². The lowest BCUT2D eigenvalue weighted by atomic mass is 10.3. The average molecular weight is 222 g/mol. The molecule has 1 saturated carbocycles. The molecule has 76 valence electrons. The molecule has 1 aliphatic rings. The lowest BCUT2D eigenvalue weighted by molar-refractivity contribution is 0.580. The van der Waals surface area contributed by atoms with Gasteiger partial charge in [-0.1, -0.05) is 25.6 Å². The van der Waals surface area contributed by atoms with Gasteiger partial charge in [0.2, 0.25) is 10.0 Å². The second-order valence-corrected chi connectivity index (χ2v) is 5.63. The highest BCUT2D eigenvalue weighted by Gasteiger charge is 2.38. The van der Waals surface area contributed by atoms with Crippen molar-refractivity contribution in [2.45, 2.75) is 25.8 Å². The number of thiocarbonyl (C=S) groups is 1. The molecule has 2 atom stereocenters. The predicted octanol–water partition coefficient (Wildman–Crippen LogP) is -0.00960. The first-order chi connectivity index (χ1) is 5.94. The van der Waals surface area contributed by atoms with Crippen LogP contribution in [-0.4, -0.2) is 25.2 Å². The van der Waals surface area contributed by atoms with Crippen LogP contribution in [0.3, 0.4) is 0 Å². The van der Waals surface area contributed by atoms with Crippen LogP contribution < -0.4 is 10.5 Å². The van der Waals surface area contributed by atoms with E-state index in [4.69, 9.17) is 5.73 Å². The topological polar surface area (TPSA) is 72.2 Å². The van der Waals surface area contributed by atoms with Gasteiger partial charge in [0.25, 0.3) is 0 Å². The van der Waals surface area contributed by atoms with Gasteiger partial charge >= 0.3 is 0 Å². The van der Waals surface area contributed by atoms with Crippen LogP contribution in [0.5, 0.6) is 0 Å². The summed E-state index contributed by atoms with van der Waals surface area (Å²) < 4.78 is 25.1. The number of nitrogens with two attached hydrogens (primary N) is 1. The Morgan fingerprint density at radius 1 is 1.69 bits per heavy atom. The van der Waals surface area contributed by atoms with Crippen LogP contribution in [0.1, 0.15) is 19.8 Å². The van der Waals surface area contributed by atoms with Gasteiger partial charge in [-0.15, -0.1) is 0 Å². The number of sulfonamides is 1. The molecule has 1 aliphatic carbocycles. The first-order valence-electron chi connectivity index (χ1n) is 4.23. The number of rotatable bonds is 5. The number of hydrogen-bond donors (Lipinski definition) is 2. The van der Waals surface area contributed by atoms with Crippen molar-refractivity contribution >= 4 is 27.2 Å². The standard InChI is InChI=1S/C7H14N2O2S2/c1-2-5-3-6(5)9-13(10,11)4-7(8)12/h5-6,9H,2-4H2,1H3,(H2,8,12). The summed E-state index contributed by atoms with van der Waals surface area (Å²) in [6.45, 7) is 2.05. The van der Waals surface area contributed by atoms with E-state index in [0.29, 0.717) is 5.92 Å². The van der Waals surface area contributed by atoms with Crippen molar-refractivity contribution in [1.29, 1.82) is 0 Å². The Labute approximate surface area is 83.9 Å². The van der Waals surface area contributed by atoms with Crippen molar-refractivity contribution in [3.8, 4) is 0 Å². The van der Waals surface area contributed by atoms with E-state index in [2.05, 4.69) is 16.9 Å². The van der Waals surface area contributed by atoms with E-state index in [0.717, 1.165) is 12.8 Å². The first kappa shape index (κ1) is 10.9. The lowest BCUT2D eigenvalue weighted by Gasteiger charge is -2.03. The summed E-state index contributed by atoms with van der Waals surface area (Å²) in [7, 11) is -3.28. The lowest BCUT2D eigenvalue weighted by Crippen LogP contribution is -2.34. The van der Waals surface area contributed by atoms with Crippen LogP contribution in [0.4, 0.5) is 0 Å². The third-order valence-electron chi connectivity index (χ3n) is 2.11. The maximum Gasteiger partial charge on any atom is 0.218 e. The van der Waals surface area contributed by atoms with E-state index in [9.17, 15) is 8.42 Å². The Hall–Kier alpha value is -0.200. The second kappa shape index (κ2) is 3.89. The maximum atomic E-state index is 11.3. The summed E-state index contributed by atoms with van der Waals surface area (Å²) in [4.78, 5) is 0.0150. The third-order valence-corrected chi connectivity index (χ3v) is 3.79. The van der Waals surface area contributed by atoms with Crippen LogP contribution in [0.15, 0.2) is 0 Å². The molecule has 0 radical (unpaired) electrons. The Balaban J connectivity index is 2.40. The van der Waals surface area contributed by atoms with Crippen molar-refractivity contribution in [3.05, 3.63) is 0 Å². The first-order valence-corrected chi connectivity index (χ1v) is 6.29. The normalized spacial score (nSPS) is 27.2. The van der Waals surface area contributed by atoms with Crippen molar-refractivity contribution in [2.24, 2.45) is 11.7 Å². The monoisotopic (exact) mass is 222 g/mol. The highest BCUT2D eigenvalue weighted by atomic mass is 32.2.